The monoisotopic (exact) mass is 441 g/mol. The molecular weight excluding hydrogens is 410 g/mol. The van der Waals surface area contributed by atoms with Gasteiger partial charge >= 0.3 is 5.97 Å². The predicted molar refractivity (Wildman–Crippen MR) is 122 cm³/mol. The van der Waals surface area contributed by atoms with Gasteiger partial charge in [0.15, 0.2) is 0 Å². The van der Waals surface area contributed by atoms with Crippen LogP contribution in [0.4, 0.5) is 0 Å². The van der Waals surface area contributed by atoms with E-state index < -0.39 is 27.6 Å². The number of ether oxygens (including phenoxy) is 1. The lowest BCUT2D eigenvalue weighted by Gasteiger charge is -2.17. The van der Waals surface area contributed by atoms with Crippen LogP contribution in [0.1, 0.15) is 43.0 Å². The molecule has 2 aromatic carbocycles. The first-order valence-corrected chi connectivity index (χ1v) is 11.9. The minimum absolute atomic E-state index is 0.244. The molecule has 1 fully saturated rings. The maximum atomic E-state index is 13.6. The fraction of sp³-hybridized carbons (Fsp3) is 0.400. The summed E-state index contributed by atoms with van der Waals surface area (Å²) in [5.41, 5.74) is 2.95. The second kappa shape index (κ2) is 8.60. The van der Waals surface area contributed by atoms with Gasteiger partial charge in [0.1, 0.15) is 5.60 Å². The van der Waals surface area contributed by atoms with Crippen molar-refractivity contribution < 1.29 is 17.9 Å². The van der Waals surface area contributed by atoms with Gasteiger partial charge in [-0.25, -0.2) is 13.2 Å². The molecule has 1 aliphatic rings. The molecule has 31 heavy (non-hydrogen) atoms. The van der Waals surface area contributed by atoms with E-state index in [0.29, 0.717) is 11.3 Å². The third kappa shape index (κ3) is 5.43. The van der Waals surface area contributed by atoms with Gasteiger partial charge in [0, 0.05) is 6.08 Å². The minimum atomic E-state index is -3.72. The Balaban J connectivity index is 1.92. The molecule has 3 rings (SSSR count). The van der Waals surface area contributed by atoms with Gasteiger partial charge in [-0.2, -0.15) is 4.31 Å². The first-order chi connectivity index (χ1) is 14.4. The third-order valence-electron chi connectivity index (χ3n) is 5.19. The Morgan fingerprint density at radius 2 is 1.65 bits per heavy atom. The Morgan fingerprint density at radius 1 is 1.06 bits per heavy atom. The van der Waals surface area contributed by atoms with Gasteiger partial charge in [0.25, 0.3) is 0 Å². The van der Waals surface area contributed by atoms with Crippen LogP contribution in [0.3, 0.4) is 0 Å². The number of benzene rings is 2. The van der Waals surface area contributed by atoms with E-state index in [1.807, 2.05) is 63.2 Å². The summed E-state index contributed by atoms with van der Waals surface area (Å²) in [4.78, 5) is 12.5. The topological polar surface area (TPSA) is 63.5 Å². The number of sulfonamides is 1. The lowest BCUT2D eigenvalue weighted by Crippen LogP contribution is -2.22. The molecule has 0 amide bonds. The van der Waals surface area contributed by atoms with E-state index in [9.17, 15) is 13.2 Å². The Hall–Kier alpha value is -2.44. The summed E-state index contributed by atoms with van der Waals surface area (Å²) in [5, 5.41) is 0. The van der Waals surface area contributed by atoms with Crippen molar-refractivity contribution in [2.45, 2.75) is 70.5 Å². The molecule has 0 bridgehead atoms. The van der Waals surface area contributed by atoms with E-state index in [4.69, 9.17) is 4.74 Å². The summed E-state index contributed by atoms with van der Waals surface area (Å²) in [6.07, 6.45) is 3.57. The fourth-order valence-corrected chi connectivity index (χ4v) is 6.26. The van der Waals surface area contributed by atoms with E-state index in [-0.39, 0.29) is 6.04 Å². The quantitative estimate of drug-likeness (QED) is 0.376. The average Bonchev–Trinajstić information content (AvgIpc) is 3.31. The van der Waals surface area contributed by atoms with E-state index in [2.05, 4.69) is 0 Å². The summed E-state index contributed by atoms with van der Waals surface area (Å²) in [6, 6.07) is 12.9. The van der Waals surface area contributed by atoms with Crippen LogP contribution in [0.25, 0.3) is 0 Å². The maximum Gasteiger partial charge on any atom is 0.331 e. The first-order valence-electron chi connectivity index (χ1n) is 10.5. The average molecular weight is 442 g/mol. The van der Waals surface area contributed by atoms with E-state index in [1.165, 1.54) is 10.4 Å². The minimum Gasteiger partial charge on any atom is -0.457 e. The number of rotatable bonds is 6. The molecule has 0 aromatic heterocycles. The highest BCUT2D eigenvalue weighted by Gasteiger charge is 2.54. The SMILES string of the molecule is Cc1cc(C)c(S(=O)(=O)N2[C@H](/C=C\C(=O)OC(C)(C)C)[C@@H]2Cc2ccccc2)c(C)c1. The van der Waals surface area contributed by atoms with Crippen molar-refractivity contribution in [1.29, 1.82) is 0 Å². The Bertz CT molecular complexity index is 1080. The van der Waals surface area contributed by atoms with Crippen molar-refractivity contribution in [3.8, 4) is 0 Å². The Kier molecular flexibility index (Phi) is 6.44. The maximum absolute atomic E-state index is 13.6. The molecule has 1 heterocycles. The first kappa shape index (κ1) is 23.2. The number of aryl methyl sites for hydroxylation is 3. The second-order valence-corrected chi connectivity index (χ2v) is 11.0. The molecule has 1 aliphatic heterocycles. The second-order valence-electron chi connectivity index (χ2n) is 9.20. The number of hydrogen-bond acceptors (Lipinski definition) is 4. The van der Waals surface area contributed by atoms with Gasteiger partial charge in [-0.05, 0) is 64.7 Å². The molecule has 1 unspecified atom stereocenters. The summed E-state index contributed by atoms with van der Waals surface area (Å²) in [6.45, 7) is 11.0. The molecule has 2 aromatic rings. The standard InChI is InChI=1S/C25H31NO4S/c1-17-14-18(2)24(19(3)15-17)31(28,29)26-21(12-13-23(27)30-25(4,5)6)22(26)16-20-10-8-7-9-11-20/h7-15,21-22H,16H2,1-6H3/b13-12-/t21-,22+,26?/m1/s1. The van der Waals surface area contributed by atoms with Gasteiger partial charge in [0.2, 0.25) is 10.0 Å². The van der Waals surface area contributed by atoms with Crippen LogP contribution in [0, 0.1) is 20.8 Å². The number of hydrogen-bond donors (Lipinski definition) is 0. The molecule has 1 saturated heterocycles. The van der Waals surface area contributed by atoms with Crippen molar-refractivity contribution in [3.05, 3.63) is 76.9 Å². The Labute approximate surface area is 185 Å². The van der Waals surface area contributed by atoms with Crippen LogP contribution < -0.4 is 0 Å². The third-order valence-corrected chi connectivity index (χ3v) is 7.42. The molecule has 0 N–H and O–H groups in total. The lowest BCUT2D eigenvalue weighted by molar-refractivity contribution is -0.148. The van der Waals surface area contributed by atoms with Gasteiger partial charge in [-0.3, -0.25) is 0 Å². The van der Waals surface area contributed by atoms with Crippen LogP contribution in [0.5, 0.6) is 0 Å². The fourth-order valence-electron chi connectivity index (χ4n) is 4.09. The summed E-state index contributed by atoms with van der Waals surface area (Å²) >= 11 is 0. The predicted octanol–water partition coefficient (Wildman–Crippen LogP) is 4.49. The molecular formula is C25H31NO4S. The number of nitrogens with zero attached hydrogens (tertiary/aromatic N) is 1. The van der Waals surface area contributed by atoms with E-state index >= 15 is 0 Å². The zero-order chi connectivity index (χ0) is 23.0. The van der Waals surface area contributed by atoms with Crippen LogP contribution in [-0.2, 0) is 26.0 Å². The zero-order valence-corrected chi connectivity index (χ0v) is 19.9. The summed E-state index contributed by atoms with van der Waals surface area (Å²) in [7, 11) is -3.72. The van der Waals surface area contributed by atoms with Crippen LogP contribution in [0.15, 0.2) is 59.5 Å². The van der Waals surface area contributed by atoms with Gasteiger partial charge in [0.05, 0.1) is 17.0 Å². The summed E-state index contributed by atoms with van der Waals surface area (Å²) < 4.78 is 34.1. The van der Waals surface area contributed by atoms with Crippen molar-refractivity contribution in [2.24, 2.45) is 0 Å². The van der Waals surface area contributed by atoms with Gasteiger partial charge < -0.3 is 4.74 Å². The van der Waals surface area contributed by atoms with Crippen molar-refractivity contribution in [3.63, 3.8) is 0 Å². The van der Waals surface area contributed by atoms with Crippen LogP contribution >= 0.6 is 0 Å². The number of carbonyl (C=O) groups is 1. The normalized spacial score (nSPS) is 21.3. The number of esters is 1. The smallest absolute Gasteiger partial charge is 0.331 e. The van der Waals surface area contributed by atoms with Crippen LogP contribution in [-0.4, -0.2) is 36.4 Å². The largest absolute Gasteiger partial charge is 0.457 e. The highest BCUT2D eigenvalue weighted by molar-refractivity contribution is 7.89. The molecule has 3 atom stereocenters. The lowest BCUT2D eigenvalue weighted by atomic mass is 10.1. The zero-order valence-electron chi connectivity index (χ0n) is 19.0. The molecule has 166 valence electrons. The molecule has 0 radical (unpaired) electrons. The molecule has 0 aliphatic carbocycles. The molecule has 0 spiro atoms. The molecule has 6 heteroatoms. The van der Waals surface area contributed by atoms with Crippen molar-refractivity contribution in [1.82, 2.24) is 4.31 Å². The van der Waals surface area contributed by atoms with Crippen LogP contribution in [0.2, 0.25) is 0 Å². The van der Waals surface area contributed by atoms with Crippen molar-refractivity contribution >= 4 is 16.0 Å². The van der Waals surface area contributed by atoms with Crippen molar-refractivity contribution in [2.75, 3.05) is 0 Å². The van der Waals surface area contributed by atoms with E-state index in [1.54, 1.807) is 26.8 Å². The molecule has 5 nitrogen and oxygen atoms in total. The number of carbonyl (C=O) groups excluding carboxylic acids is 1. The summed E-state index contributed by atoms with van der Waals surface area (Å²) in [5.74, 6) is -0.474. The highest BCUT2D eigenvalue weighted by Crippen LogP contribution is 2.40. The van der Waals surface area contributed by atoms with Gasteiger partial charge in [-0.1, -0.05) is 54.1 Å². The van der Waals surface area contributed by atoms with Gasteiger partial charge in [-0.15, -0.1) is 0 Å². The highest BCUT2D eigenvalue weighted by atomic mass is 32.2. The Morgan fingerprint density at radius 3 is 2.19 bits per heavy atom. The molecule has 0 saturated carbocycles. The van der Waals surface area contributed by atoms with E-state index in [0.717, 1.165) is 22.3 Å².